The van der Waals surface area contributed by atoms with E-state index in [0.29, 0.717) is 12.1 Å². The molecule has 0 aliphatic heterocycles. The monoisotopic (exact) mass is 284 g/mol. The molecular weight excluding hydrogens is 283 g/mol. The summed E-state index contributed by atoms with van der Waals surface area (Å²) in [6, 6.07) is 2.76. The van der Waals surface area contributed by atoms with E-state index in [0.717, 1.165) is 0 Å². The van der Waals surface area contributed by atoms with E-state index >= 15 is 0 Å². The quantitative estimate of drug-likeness (QED) is 0.339. The van der Waals surface area contributed by atoms with E-state index < -0.39 is 23.4 Å². The third-order valence-electron chi connectivity index (χ3n) is 1.18. The Morgan fingerprint density at radius 2 is 1.36 bits per heavy atom. The molecule has 0 saturated carbocycles. The molecule has 0 saturated heterocycles. The Morgan fingerprint density at radius 1 is 1.00 bits per heavy atom. The molecule has 0 unspecified atom stereocenters. The average Bonchev–Trinajstić information content (AvgIpc) is 1.82. The van der Waals surface area contributed by atoms with Crippen LogP contribution in [-0.2, 0) is 6.18 Å². The summed E-state index contributed by atoms with van der Waals surface area (Å²) in [5.74, 6) is -3.30. The van der Waals surface area contributed by atoms with Crippen molar-refractivity contribution >= 4 is 23.1 Å². The van der Waals surface area contributed by atoms with Crippen molar-refractivity contribution < 1.29 is 38.9 Å². The van der Waals surface area contributed by atoms with Crippen LogP contribution in [0.15, 0.2) is 12.1 Å². The summed E-state index contributed by atoms with van der Waals surface area (Å²) in [6.07, 6.45) is -5.00. The molecule has 0 radical (unpaired) electrons. The van der Waals surface area contributed by atoms with Crippen molar-refractivity contribution in [3.8, 4) is 0 Å². The maximum Gasteiger partial charge on any atom is 2.00 e. The van der Waals surface area contributed by atoms with Crippen molar-refractivity contribution in [2.45, 2.75) is 6.18 Å². The Hall–Kier alpha value is 0.116. The van der Waals surface area contributed by atoms with Gasteiger partial charge in [0.05, 0.1) is 0 Å². The van der Waals surface area contributed by atoms with Crippen molar-refractivity contribution in [3.63, 3.8) is 0 Å². The first-order chi connectivity index (χ1) is 5.43. The van der Waals surface area contributed by atoms with E-state index in [-0.39, 0.29) is 40.0 Å². The minimum atomic E-state index is -5.00. The molecule has 0 spiro atoms. The number of rotatable bonds is 0. The SMILES string of the molecule is Fc1c[c-]cc(F)c1C(F)(F)F.[Br-].[Mg+2]. The second kappa shape index (κ2) is 5.87. The Morgan fingerprint density at radius 3 is 1.57 bits per heavy atom. The minimum absolute atomic E-state index is 0. The van der Waals surface area contributed by atoms with Gasteiger partial charge in [-0.1, -0.05) is 0 Å². The van der Waals surface area contributed by atoms with Gasteiger partial charge in [0.2, 0.25) is 0 Å². The molecule has 0 heterocycles. The van der Waals surface area contributed by atoms with Gasteiger partial charge in [-0.3, -0.25) is 8.78 Å². The summed E-state index contributed by atoms with van der Waals surface area (Å²) in [5.41, 5.74) is -1.87. The molecule has 1 aromatic rings. The molecule has 1 aromatic carbocycles. The van der Waals surface area contributed by atoms with Crippen LogP contribution in [0, 0.1) is 17.7 Å². The van der Waals surface area contributed by atoms with Crippen molar-refractivity contribution in [2.75, 3.05) is 0 Å². The van der Waals surface area contributed by atoms with E-state index in [9.17, 15) is 22.0 Å². The average molecular weight is 285 g/mol. The van der Waals surface area contributed by atoms with Crippen molar-refractivity contribution in [3.05, 3.63) is 35.4 Å². The van der Waals surface area contributed by atoms with Crippen LogP contribution in [0.4, 0.5) is 22.0 Å². The van der Waals surface area contributed by atoms with Gasteiger partial charge < -0.3 is 17.0 Å². The predicted molar refractivity (Wildman–Crippen MR) is 36.0 cm³/mol. The Bertz CT molecular complexity index is 278. The third kappa shape index (κ3) is 3.70. The van der Waals surface area contributed by atoms with Crippen molar-refractivity contribution in [2.24, 2.45) is 0 Å². The van der Waals surface area contributed by atoms with Crippen LogP contribution in [0.1, 0.15) is 5.56 Å². The first kappa shape index (κ1) is 16.5. The van der Waals surface area contributed by atoms with E-state index in [2.05, 4.69) is 0 Å². The molecule has 0 aromatic heterocycles. The van der Waals surface area contributed by atoms with Crippen LogP contribution < -0.4 is 17.0 Å². The van der Waals surface area contributed by atoms with Gasteiger partial charge in [-0.2, -0.15) is 19.2 Å². The maximum atomic E-state index is 12.4. The number of hydrogen-bond acceptors (Lipinski definition) is 0. The zero-order valence-electron chi connectivity index (χ0n) is 6.63. The summed E-state index contributed by atoms with van der Waals surface area (Å²) in [4.78, 5) is 0. The zero-order valence-corrected chi connectivity index (χ0v) is 9.63. The Balaban J connectivity index is 0. The predicted octanol–water partition coefficient (Wildman–Crippen LogP) is -0.593. The van der Waals surface area contributed by atoms with Gasteiger partial charge in [0, 0.05) is 17.2 Å². The summed E-state index contributed by atoms with van der Waals surface area (Å²) >= 11 is 0. The fraction of sp³-hybridized carbons (Fsp3) is 0.143. The van der Waals surface area contributed by atoms with Crippen molar-refractivity contribution in [1.29, 1.82) is 0 Å². The first-order valence-corrected chi connectivity index (χ1v) is 2.85. The molecule has 74 valence electrons. The molecule has 0 amide bonds. The zero-order chi connectivity index (χ0) is 9.35. The van der Waals surface area contributed by atoms with Crippen molar-refractivity contribution in [1.82, 2.24) is 0 Å². The second-order valence-corrected chi connectivity index (χ2v) is 2.02. The number of alkyl halides is 3. The number of hydrogen-bond donors (Lipinski definition) is 0. The standard InChI is InChI=1S/C7H2F5.BrH.Mg/c8-4-2-1-3-5(9)6(4)7(10,11)12;;/h2-3H;1H;/q-1;;+2/p-1. The smallest absolute Gasteiger partial charge is 1.00 e. The van der Waals surface area contributed by atoms with Gasteiger partial charge in [-0.15, -0.1) is 12.1 Å². The summed E-state index contributed by atoms with van der Waals surface area (Å²) in [7, 11) is 0. The number of benzene rings is 1. The van der Waals surface area contributed by atoms with Gasteiger partial charge in [-0.05, 0) is 0 Å². The molecular formula is C7H2BrF5Mg. The second-order valence-electron chi connectivity index (χ2n) is 2.02. The maximum absolute atomic E-state index is 12.4. The van der Waals surface area contributed by atoms with Gasteiger partial charge in [0.25, 0.3) is 0 Å². The van der Waals surface area contributed by atoms with Gasteiger partial charge in [0.1, 0.15) is 0 Å². The van der Waals surface area contributed by atoms with Crippen LogP contribution in [-0.4, -0.2) is 23.1 Å². The minimum Gasteiger partial charge on any atom is -1.00 e. The molecule has 0 atom stereocenters. The van der Waals surface area contributed by atoms with Crippen LogP contribution in [0.2, 0.25) is 0 Å². The van der Waals surface area contributed by atoms with Gasteiger partial charge >= 0.3 is 29.2 Å². The molecule has 0 nitrogen and oxygen atoms in total. The van der Waals surface area contributed by atoms with E-state index in [4.69, 9.17) is 0 Å². The fourth-order valence-corrected chi connectivity index (χ4v) is 0.717. The van der Waals surface area contributed by atoms with Crippen LogP contribution in [0.3, 0.4) is 0 Å². The van der Waals surface area contributed by atoms with Gasteiger partial charge in [-0.25, -0.2) is 0 Å². The summed E-state index contributed by atoms with van der Waals surface area (Å²) in [6.45, 7) is 0. The third-order valence-corrected chi connectivity index (χ3v) is 1.18. The largest absolute Gasteiger partial charge is 2.00 e. The van der Waals surface area contributed by atoms with Crippen LogP contribution in [0.25, 0.3) is 0 Å². The molecule has 7 heteroatoms. The number of halogens is 6. The molecule has 14 heavy (non-hydrogen) atoms. The van der Waals surface area contributed by atoms with Gasteiger partial charge in [0.15, 0.2) is 0 Å². The fourth-order valence-electron chi connectivity index (χ4n) is 0.717. The van der Waals surface area contributed by atoms with Crippen LogP contribution >= 0.6 is 0 Å². The first-order valence-electron chi connectivity index (χ1n) is 2.85. The van der Waals surface area contributed by atoms with E-state index in [1.807, 2.05) is 6.07 Å². The molecule has 0 bridgehead atoms. The van der Waals surface area contributed by atoms with Crippen LogP contribution in [0.5, 0.6) is 0 Å². The van der Waals surface area contributed by atoms with E-state index in [1.54, 1.807) is 0 Å². The Labute approximate surface area is 103 Å². The summed E-state index contributed by atoms with van der Waals surface area (Å²) in [5, 5.41) is 0. The normalized spacial score (nSPS) is 10.1. The molecule has 0 N–H and O–H groups in total. The summed E-state index contributed by atoms with van der Waals surface area (Å²) < 4.78 is 60.2. The Kier molecular flexibility index (Phi) is 6.93. The molecule has 0 aliphatic carbocycles. The van der Waals surface area contributed by atoms with E-state index in [1.165, 1.54) is 0 Å². The molecule has 0 aliphatic rings. The topological polar surface area (TPSA) is 0 Å². The molecule has 1 rings (SSSR count). The molecule has 0 fully saturated rings.